The Morgan fingerprint density at radius 3 is 2.78 bits per heavy atom. The van der Waals surface area contributed by atoms with Gasteiger partial charge in [0.05, 0.1) is 6.54 Å². The van der Waals surface area contributed by atoms with Gasteiger partial charge in [0.2, 0.25) is 11.8 Å². The number of carbonyl (C=O) groups excluding carboxylic acids is 2. The molecule has 0 aliphatic heterocycles. The maximum absolute atomic E-state index is 12.9. The van der Waals surface area contributed by atoms with Gasteiger partial charge in [-0.05, 0) is 25.1 Å². The van der Waals surface area contributed by atoms with Crippen molar-refractivity contribution < 1.29 is 14.0 Å². The minimum absolute atomic E-state index is 0.0327. The highest BCUT2D eigenvalue weighted by molar-refractivity contribution is 5.92. The molecule has 0 bridgehead atoms. The second-order valence-corrected chi connectivity index (χ2v) is 4.01. The number of anilines is 1. The number of rotatable bonds is 6. The third-order valence-corrected chi connectivity index (χ3v) is 2.23. The number of hydrogen-bond donors (Lipinski definition) is 3. The molecule has 2 amide bonds. The van der Waals surface area contributed by atoms with Crippen molar-refractivity contribution in [1.29, 1.82) is 0 Å². The van der Waals surface area contributed by atoms with Crippen LogP contribution in [-0.4, -0.2) is 24.4 Å². The van der Waals surface area contributed by atoms with Gasteiger partial charge in [-0.3, -0.25) is 9.59 Å². The Balaban J connectivity index is 2.36. The number of nitrogens with two attached hydrogens (primary N) is 1. The van der Waals surface area contributed by atoms with E-state index in [1.54, 1.807) is 13.0 Å². The Bertz CT molecular complexity index is 437. The van der Waals surface area contributed by atoms with Gasteiger partial charge in [0.1, 0.15) is 5.82 Å². The molecule has 0 aliphatic carbocycles. The standard InChI is InChI=1S/C12H16FN3O2/c1-8(5-11(14)17)15-7-12(18)16-10-4-2-3-9(13)6-10/h2-4,6,8,15H,5,7H2,1H3,(H2,14,17)(H,16,18). The van der Waals surface area contributed by atoms with Crippen LogP contribution in [0.3, 0.4) is 0 Å². The molecule has 6 heteroatoms. The molecule has 0 saturated carbocycles. The molecular weight excluding hydrogens is 237 g/mol. The van der Waals surface area contributed by atoms with Crippen molar-refractivity contribution in [1.82, 2.24) is 5.32 Å². The molecule has 1 aromatic rings. The van der Waals surface area contributed by atoms with E-state index in [4.69, 9.17) is 5.73 Å². The highest BCUT2D eigenvalue weighted by atomic mass is 19.1. The monoisotopic (exact) mass is 253 g/mol. The molecule has 1 atom stereocenters. The van der Waals surface area contributed by atoms with Gasteiger partial charge in [0.15, 0.2) is 0 Å². The van der Waals surface area contributed by atoms with Crippen LogP contribution in [0.1, 0.15) is 13.3 Å². The van der Waals surface area contributed by atoms with E-state index in [0.29, 0.717) is 5.69 Å². The van der Waals surface area contributed by atoms with Crippen LogP contribution in [0.4, 0.5) is 10.1 Å². The second kappa shape index (κ2) is 6.70. The SMILES string of the molecule is CC(CC(N)=O)NCC(=O)Nc1cccc(F)c1. The summed E-state index contributed by atoms with van der Waals surface area (Å²) in [5, 5.41) is 5.38. The van der Waals surface area contributed by atoms with Crippen molar-refractivity contribution in [3.63, 3.8) is 0 Å². The Kier molecular flexibility index (Phi) is 5.26. The van der Waals surface area contributed by atoms with Crippen LogP contribution in [-0.2, 0) is 9.59 Å². The summed E-state index contributed by atoms with van der Waals surface area (Å²) in [5.41, 5.74) is 5.41. The molecule has 4 N–H and O–H groups in total. The summed E-state index contributed by atoms with van der Waals surface area (Å²) in [6.07, 6.45) is 0.160. The molecule has 0 saturated heterocycles. The lowest BCUT2D eigenvalue weighted by atomic mass is 10.2. The molecule has 98 valence electrons. The van der Waals surface area contributed by atoms with E-state index in [-0.39, 0.29) is 24.9 Å². The Hall–Kier alpha value is -1.95. The number of carbonyl (C=O) groups is 2. The van der Waals surface area contributed by atoms with Crippen LogP contribution in [0.15, 0.2) is 24.3 Å². The lowest BCUT2D eigenvalue weighted by Gasteiger charge is -2.11. The van der Waals surface area contributed by atoms with E-state index >= 15 is 0 Å². The van der Waals surface area contributed by atoms with Gasteiger partial charge >= 0.3 is 0 Å². The zero-order chi connectivity index (χ0) is 13.5. The third kappa shape index (κ3) is 5.40. The van der Waals surface area contributed by atoms with Crippen molar-refractivity contribution in [2.75, 3.05) is 11.9 Å². The fourth-order valence-corrected chi connectivity index (χ4v) is 1.41. The average molecular weight is 253 g/mol. The fraction of sp³-hybridized carbons (Fsp3) is 0.333. The summed E-state index contributed by atoms with van der Waals surface area (Å²) in [6.45, 7) is 1.78. The lowest BCUT2D eigenvalue weighted by Crippen LogP contribution is -2.36. The number of nitrogens with one attached hydrogen (secondary N) is 2. The first-order valence-corrected chi connectivity index (χ1v) is 5.54. The molecule has 5 nitrogen and oxygen atoms in total. The highest BCUT2D eigenvalue weighted by Gasteiger charge is 2.08. The molecular formula is C12H16FN3O2. The maximum Gasteiger partial charge on any atom is 0.238 e. The smallest absolute Gasteiger partial charge is 0.238 e. The molecule has 0 heterocycles. The van der Waals surface area contributed by atoms with E-state index in [2.05, 4.69) is 10.6 Å². The molecule has 0 radical (unpaired) electrons. The Morgan fingerprint density at radius 2 is 2.17 bits per heavy atom. The van der Waals surface area contributed by atoms with Gasteiger partial charge in [-0.25, -0.2) is 4.39 Å². The summed E-state index contributed by atoms with van der Waals surface area (Å²) in [5.74, 6) is -1.15. The maximum atomic E-state index is 12.9. The van der Waals surface area contributed by atoms with E-state index in [1.807, 2.05) is 0 Å². The van der Waals surface area contributed by atoms with Crippen LogP contribution in [0.2, 0.25) is 0 Å². The molecule has 18 heavy (non-hydrogen) atoms. The zero-order valence-electron chi connectivity index (χ0n) is 10.1. The molecule has 0 aromatic heterocycles. The fourth-order valence-electron chi connectivity index (χ4n) is 1.41. The molecule has 0 aliphatic rings. The number of primary amides is 1. The Morgan fingerprint density at radius 1 is 1.44 bits per heavy atom. The van der Waals surface area contributed by atoms with Gasteiger partial charge in [0.25, 0.3) is 0 Å². The van der Waals surface area contributed by atoms with Gasteiger partial charge < -0.3 is 16.4 Å². The van der Waals surface area contributed by atoms with Crippen molar-refractivity contribution >= 4 is 17.5 Å². The quantitative estimate of drug-likeness (QED) is 0.694. The number of benzene rings is 1. The first kappa shape index (κ1) is 14.1. The van der Waals surface area contributed by atoms with Crippen LogP contribution in [0.5, 0.6) is 0 Å². The molecule has 1 aromatic carbocycles. The van der Waals surface area contributed by atoms with E-state index < -0.39 is 11.7 Å². The minimum atomic E-state index is -0.430. The van der Waals surface area contributed by atoms with E-state index in [1.165, 1.54) is 18.2 Å². The van der Waals surface area contributed by atoms with Crippen LogP contribution in [0.25, 0.3) is 0 Å². The normalized spacial score (nSPS) is 11.9. The topological polar surface area (TPSA) is 84.2 Å². The van der Waals surface area contributed by atoms with Crippen molar-refractivity contribution in [2.24, 2.45) is 5.73 Å². The van der Waals surface area contributed by atoms with Gasteiger partial charge in [0, 0.05) is 18.2 Å². The number of halogens is 1. The van der Waals surface area contributed by atoms with Crippen LogP contribution < -0.4 is 16.4 Å². The summed E-state index contributed by atoms with van der Waals surface area (Å²) in [6, 6.07) is 5.44. The van der Waals surface area contributed by atoms with Gasteiger partial charge in [-0.1, -0.05) is 6.07 Å². The van der Waals surface area contributed by atoms with E-state index in [9.17, 15) is 14.0 Å². The van der Waals surface area contributed by atoms with Crippen molar-refractivity contribution in [3.8, 4) is 0 Å². The number of amides is 2. The summed E-state index contributed by atoms with van der Waals surface area (Å²) in [7, 11) is 0. The predicted octanol–water partition coefficient (Wildman–Crippen LogP) is 0.618. The van der Waals surface area contributed by atoms with Crippen molar-refractivity contribution in [2.45, 2.75) is 19.4 Å². The van der Waals surface area contributed by atoms with Gasteiger partial charge in [-0.2, -0.15) is 0 Å². The van der Waals surface area contributed by atoms with Crippen molar-refractivity contribution in [3.05, 3.63) is 30.1 Å². The summed E-state index contributed by atoms with van der Waals surface area (Å²) < 4.78 is 12.9. The van der Waals surface area contributed by atoms with Crippen LogP contribution in [0, 0.1) is 5.82 Å². The zero-order valence-corrected chi connectivity index (χ0v) is 10.1. The first-order valence-electron chi connectivity index (χ1n) is 5.54. The molecule has 1 rings (SSSR count). The average Bonchev–Trinajstić information content (AvgIpc) is 2.25. The first-order chi connectivity index (χ1) is 8.47. The highest BCUT2D eigenvalue weighted by Crippen LogP contribution is 2.08. The summed E-state index contributed by atoms with van der Waals surface area (Å²) in [4.78, 5) is 22.1. The molecule has 0 fully saturated rings. The number of hydrogen-bond acceptors (Lipinski definition) is 3. The third-order valence-electron chi connectivity index (χ3n) is 2.23. The van der Waals surface area contributed by atoms with E-state index in [0.717, 1.165) is 0 Å². The second-order valence-electron chi connectivity index (χ2n) is 4.01. The molecule has 0 spiro atoms. The summed E-state index contributed by atoms with van der Waals surface area (Å²) >= 11 is 0. The van der Waals surface area contributed by atoms with Gasteiger partial charge in [-0.15, -0.1) is 0 Å². The van der Waals surface area contributed by atoms with Crippen LogP contribution >= 0.6 is 0 Å². The Labute approximate surface area is 105 Å². The minimum Gasteiger partial charge on any atom is -0.370 e. The molecule has 1 unspecified atom stereocenters. The predicted molar refractivity (Wildman–Crippen MR) is 66.3 cm³/mol. The largest absolute Gasteiger partial charge is 0.370 e. The lowest BCUT2D eigenvalue weighted by molar-refractivity contribution is -0.119.